The van der Waals surface area contributed by atoms with Crippen LogP contribution in [0.1, 0.15) is 5.56 Å². The quantitative estimate of drug-likeness (QED) is 0.774. The van der Waals surface area contributed by atoms with E-state index in [9.17, 15) is 0 Å². The Balaban J connectivity index is 2.67. The van der Waals surface area contributed by atoms with Crippen LogP contribution in [-0.2, 0) is 11.3 Å². The highest BCUT2D eigenvalue weighted by Crippen LogP contribution is 2.17. The number of nitrogens with one attached hydrogen (secondary N) is 2. The lowest BCUT2D eigenvalue weighted by molar-refractivity contribution is 0.210. The summed E-state index contributed by atoms with van der Waals surface area (Å²) >= 11 is 3.41. The molecule has 0 fully saturated rings. The lowest BCUT2D eigenvalue weighted by atomic mass is 10.2. The van der Waals surface area contributed by atoms with Gasteiger partial charge in [-0.1, -0.05) is 0 Å². The molecule has 15 heavy (non-hydrogen) atoms. The van der Waals surface area contributed by atoms with Crippen LogP contribution in [0.2, 0.25) is 0 Å². The molecule has 0 radical (unpaired) electrons. The third kappa shape index (κ3) is 4.15. The van der Waals surface area contributed by atoms with Crippen molar-refractivity contribution in [2.75, 3.05) is 32.6 Å². The second-order valence-electron chi connectivity index (χ2n) is 3.11. The van der Waals surface area contributed by atoms with Crippen molar-refractivity contribution in [3.8, 4) is 0 Å². The third-order valence-corrected chi connectivity index (χ3v) is 2.33. The average molecular weight is 274 g/mol. The number of rotatable bonds is 6. The molecule has 0 saturated carbocycles. The SMILES string of the molecule is CNCc1cc(Br)cnc1NCCOC. The fourth-order valence-corrected chi connectivity index (χ4v) is 1.62. The number of nitrogens with zero attached hydrogens (tertiary/aromatic N) is 1. The third-order valence-electron chi connectivity index (χ3n) is 1.90. The first kappa shape index (κ1) is 12.4. The van der Waals surface area contributed by atoms with Crippen LogP contribution in [0.4, 0.5) is 5.82 Å². The molecule has 1 heterocycles. The summed E-state index contributed by atoms with van der Waals surface area (Å²) in [6, 6.07) is 2.05. The van der Waals surface area contributed by atoms with Gasteiger partial charge in [0.25, 0.3) is 0 Å². The number of methoxy groups -OCH3 is 1. The molecule has 0 bridgehead atoms. The van der Waals surface area contributed by atoms with Crippen LogP contribution in [0.25, 0.3) is 0 Å². The fourth-order valence-electron chi connectivity index (χ4n) is 1.24. The summed E-state index contributed by atoms with van der Waals surface area (Å²) < 4.78 is 5.96. The molecule has 0 spiro atoms. The minimum atomic E-state index is 0.677. The van der Waals surface area contributed by atoms with E-state index in [0.29, 0.717) is 6.61 Å². The summed E-state index contributed by atoms with van der Waals surface area (Å²) in [4.78, 5) is 4.32. The van der Waals surface area contributed by atoms with Crippen LogP contribution in [-0.4, -0.2) is 32.3 Å². The first-order valence-electron chi connectivity index (χ1n) is 4.79. The minimum absolute atomic E-state index is 0.677. The van der Waals surface area contributed by atoms with Crippen molar-refractivity contribution in [3.63, 3.8) is 0 Å². The van der Waals surface area contributed by atoms with E-state index in [1.165, 1.54) is 0 Å². The Hall–Kier alpha value is -0.650. The molecule has 0 atom stereocenters. The van der Waals surface area contributed by atoms with E-state index >= 15 is 0 Å². The highest BCUT2D eigenvalue weighted by molar-refractivity contribution is 9.10. The molecule has 84 valence electrons. The maximum absolute atomic E-state index is 4.97. The number of aromatic nitrogens is 1. The van der Waals surface area contributed by atoms with Crippen molar-refractivity contribution in [2.45, 2.75) is 6.54 Å². The van der Waals surface area contributed by atoms with Gasteiger partial charge >= 0.3 is 0 Å². The van der Waals surface area contributed by atoms with Crippen molar-refractivity contribution < 1.29 is 4.74 Å². The summed E-state index contributed by atoms with van der Waals surface area (Å²) in [5, 5.41) is 6.34. The Morgan fingerprint density at radius 3 is 3.00 bits per heavy atom. The van der Waals surface area contributed by atoms with Gasteiger partial charge in [-0.25, -0.2) is 4.98 Å². The van der Waals surface area contributed by atoms with E-state index in [1.54, 1.807) is 13.3 Å². The first-order chi connectivity index (χ1) is 7.27. The maximum Gasteiger partial charge on any atom is 0.130 e. The molecular weight excluding hydrogens is 258 g/mol. The van der Waals surface area contributed by atoms with Gasteiger partial charge in [0.15, 0.2) is 0 Å². The van der Waals surface area contributed by atoms with Gasteiger partial charge in [-0.05, 0) is 29.0 Å². The van der Waals surface area contributed by atoms with E-state index in [2.05, 4.69) is 37.6 Å². The van der Waals surface area contributed by atoms with Crippen LogP contribution in [0.5, 0.6) is 0 Å². The molecule has 0 aliphatic rings. The van der Waals surface area contributed by atoms with Gasteiger partial charge in [-0.15, -0.1) is 0 Å². The first-order valence-corrected chi connectivity index (χ1v) is 5.59. The zero-order valence-electron chi connectivity index (χ0n) is 9.01. The number of hydrogen-bond donors (Lipinski definition) is 2. The predicted molar refractivity (Wildman–Crippen MR) is 65.1 cm³/mol. The van der Waals surface area contributed by atoms with E-state index in [4.69, 9.17) is 4.74 Å². The predicted octanol–water partition coefficient (Wildman–Crippen LogP) is 1.62. The molecule has 0 saturated heterocycles. The van der Waals surface area contributed by atoms with Crippen LogP contribution >= 0.6 is 15.9 Å². The summed E-state index contributed by atoms with van der Waals surface area (Å²) in [6.07, 6.45) is 1.79. The van der Waals surface area contributed by atoms with Crippen molar-refractivity contribution in [1.82, 2.24) is 10.3 Å². The Morgan fingerprint density at radius 1 is 1.53 bits per heavy atom. The number of ether oxygens (including phenoxy) is 1. The van der Waals surface area contributed by atoms with E-state index < -0.39 is 0 Å². The molecule has 0 aliphatic carbocycles. The molecule has 0 aromatic carbocycles. The monoisotopic (exact) mass is 273 g/mol. The summed E-state index contributed by atoms with van der Waals surface area (Å²) in [5.74, 6) is 0.907. The molecule has 0 amide bonds. The number of anilines is 1. The van der Waals surface area contributed by atoms with Crippen molar-refractivity contribution in [1.29, 1.82) is 0 Å². The standard InChI is InChI=1S/C10H16BrN3O/c1-12-6-8-5-9(11)7-14-10(8)13-3-4-15-2/h5,7,12H,3-4,6H2,1-2H3,(H,13,14). The van der Waals surface area contributed by atoms with Crippen LogP contribution in [0, 0.1) is 0 Å². The average Bonchev–Trinajstić information content (AvgIpc) is 2.22. The van der Waals surface area contributed by atoms with Crippen molar-refractivity contribution in [3.05, 3.63) is 22.3 Å². The van der Waals surface area contributed by atoms with Gasteiger partial charge in [-0.2, -0.15) is 0 Å². The van der Waals surface area contributed by atoms with Gasteiger partial charge in [0.1, 0.15) is 5.82 Å². The van der Waals surface area contributed by atoms with E-state index in [1.807, 2.05) is 7.05 Å². The molecule has 1 aromatic heterocycles. The number of hydrogen-bond acceptors (Lipinski definition) is 4. The van der Waals surface area contributed by atoms with E-state index in [-0.39, 0.29) is 0 Å². The van der Waals surface area contributed by atoms with Gasteiger partial charge in [0.2, 0.25) is 0 Å². The lowest BCUT2D eigenvalue weighted by Crippen LogP contribution is -2.13. The lowest BCUT2D eigenvalue weighted by Gasteiger charge is -2.10. The van der Waals surface area contributed by atoms with Gasteiger partial charge in [0.05, 0.1) is 6.61 Å². The highest BCUT2D eigenvalue weighted by Gasteiger charge is 2.03. The van der Waals surface area contributed by atoms with Crippen LogP contribution in [0.3, 0.4) is 0 Å². The van der Waals surface area contributed by atoms with Crippen LogP contribution in [0.15, 0.2) is 16.7 Å². The Labute approximate surface area is 98.6 Å². The summed E-state index contributed by atoms with van der Waals surface area (Å²) in [5.41, 5.74) is 1.14. The topological polar surface area (TPSA) is 46.2 Å². The maximum atomic E-state index is 4.97. The normalized spacial score (nSPS) is 10.3. The van der Waals surface area contributed by atoms with Gasteiger partial charge in [-0.3, -0.25) is 0 Å². The molecule has 2 N–H and O–H groups in total. The Kier molecular flexibility index (Phi) is 5.60. The second kappa shape index (κ2) is 6.76. The molecule has 5 heteroatoms. The Morgan fingerprint density at radius 2 is 2.33 bits per heavy atom. The van der Waals surface area contributed by atoms with Gasteiger partial charge < -0.3 is 15.4 Å². The fraction of sp³-hybridized carbons (Fsp3) is 0.500. The smallest absolute Gasteiger partial charge is 0.130 e. The largest absolute Gasteiger partial charge is 0.383 e. The highest BCUT2D eigenvalue weighted by atomic mass is 79.9. The molecule has 0 aliphatic heterocycles. The minimum Gasteiger partial charge on any atom is -0.383 e. The molecule has 0 unspecified atom stereocenters. The number of pyridine rings is 1. The Bertz CT molecular complexity index is 307. The molecule has 1 rings (SSSR count). The zero-order chi connectivity index (χ0) is 11.1. The summed E-state index contributed by atoms with van der Waals surface area (Å²) in [6.45, 7) is 2.24. The van der Waals surface area contributed by atoms with Crippen molar-refractivity contribution in [2.24, 2.45) is 0 Å². The van der Waals surface area contributed by atoms with Crippen molar-refractivity contribution >= 4 is 21.7 Å². The summed E-state index contributed by atoms with van der Waals surface area (Å²) in [7, 11) is 3.60. The molecule has 4 nitrogen and oxygen atoms in total. The molecule has 1 aromatic rings. The van der Waals surface area contributed by atoms with Crippen LogP contribution < -0.4 is 10.6 Å². The number of halogens is 1. The molecular formula is C10H16BrN3O. The second-order valence-corrected chi connectivity index (χ2v) is 4.03. The van der Waals surface area contributed by atoms with E-state index in [0.717, 1.165) is 28.9 Å². The zero-order valence-corrected chi connectivity index (χ0v) is 10.6. The van der Waals surface area contributed by atoms with Gasteiger partial charge in [0, 0.05) is 36.4 Å².